The molecule has 136 valence electrons. The van der Waals surface area contributed by atoms with Gasteiger partial charge in [-0.05, 0) is 37.8 Å². The molecule has 1 aromatic heterocycles. The third kappa shape index (κ3) is 4.85. The summed E-state index contributed by atoms with van der Waals surface area (Å²) in [5, 5.41) is -0.373. The van der Waals surface area contributed by atoms with Crippen molar-refractivity contribution in [1.29, 1.82) is 0 Å². The predicted molar refractivity (Wildman–Crippen MR) is 94.2 cm³/mol. The van der Waals surface area contributed by atoms with E-state index in [1.54, 1.807) is 12.1 Å². The van der Waals surface area contributed by atoms with Gasteiger partial charge >= 0.3 is 0 Å². The normalized spacial score (nSPS) is 16.7. The van der Waals surface area contributed by atoms with Crippen LogP contribution in [0, 0.1) is 5.92 Å². The van der Waals surface area contributed by atoms with Crippen LogP contribution in [0.25, 0.3) is 0 Å². The minimum absolute atomic E-state index is 0.0487. The summed E-state index contributed by atoms with van der Waals surface area (Å²) in [6.07, 6.45) is 6.40. The monoisotopic (exact) mass is 355 g/mol. The summed E-state index contributed by atoms with van der Waals surface area (Å²) in [7, 11) is -3.23. The van der Waals surface area contributed by atoms with Crippen molar-refractivity contribution < 1.29 is 17.6 Å². The molecule has 1 aliphatic heterocycles. The van der Waals surface area contributed by atoms with Gasteiger partial charge in [-0.25, -0.2) is 8.42 Å². The lowest BCUT2D eigenvalue weighted by molar-refractivity contribution is -0.136. The Balaban J connectivity index is 1.91. The molecule has 2 heterocycles. The number of nitrogens with zero attached hydrogens (tertiary/aromatic N) is 1. The maximum Gasteiger partial charge on any atom is 0.225 e. The molecule has 0 aliphatic carbocycles. The van der Waals surface area contributed by atoms with E-state index in [9.17, 15) is 13.2 Å². The Hall–Kier alpha value is -1.30. The second kappa shape index (κ2) is 8.70. The van der Waals surface area contributed by atoms with E-state index in [0.717, 1.165) is 25.7 Å². The molecule has 1 aliphatic rings. The second-order valence-electron chi connectivity index (χ2n) is 6.69. The molecule has 0 aromatic carbocycles. The van der Waals surface area contributed by atoms with Gasteiger partial charge in [-0.15, -0.1) is 0 Å². The van der Waals surface area contributed by atoms with Gasteiger partial charge in [-0.3, -0.25) is 4.79 Å². The first kappa shape index (κ1) is 19.0. The standard InChI is InChI=1S/C18H29NO4S/c1-3-6-15(7-4-2)18(20)19-11-9-17(10-12-19)24(21,22)14-16-8-5-13-23-16/h5,8,13,15,17H,3-4,6-7,9-12,14H2,1-2H3. The van der Waals surface area contributed by atoms with Gasteiger partial charge in [-0.2, -0.15) is 0 Å². The van der Waals surface area contributed by atoms with Crippen LogP contribution < -0.4 is 0 Å². The fourth-order valence-electron chi connectivity index (χ4n) is 3.49. The Labute approximate surface area is 145 Å². The number of hydrogen-bond donors (Lipinski definition) is 0. The van der Waals surface area contributed by atoms with Crippen molar-refractivity contribution in [3.05, 3.63) is 24.2 Å². The largest absolute Gasteiger partial charge is 0.468 e. The van der Waals surface area contributed by atoms with E-state index in [4.69, 9.17) is 4.42 Å². The van der Waals surface area contributed by atoms with Crippen LogP contribution in [0.1, 0.15) is 58.1 Å². The average molecular weight is 356 g/mol. The van der Waals surface area contributed by atoms with E-state index in [2.05, 4.69) is 13.8 Å². The quantitative estimate of drug-likeness (QED) is 0.717. The third-order valence-corrected chi connectivity index (χ3v) is 6.98. The highest BCUT2D eigenvalue weighted by Crippen LogP contribution is 2.24. The summed E-state index contributed by atoms with van der Waals surface area (Å²) in [4.78, 5) is 14.5. The zero-order chi connectivity index (χ0) is 17.6. The summed E-state index contributed by atoms with van der Waals surface area (Å²) in [5.74, 6) is 0.740. The second-order valence-corrected chi connectivity index (χ2v) is 8.97. The fourth-order valence-corrected chi connectivity index (χ4v) is 5.22. The highest BCUT2D eigenvalue weighted by atomic mass is 32.2. The molecular weight excluding hydrogens is 326 g/mol. The van der Waals surface area contributed by atoms with Gasteiger partial charge in [0, 0.05) is 19.0 Å². The van der Waals surface area contributed by atoms with Crippen LogP contribution in [0.2, 0.25) is 0 Å². The minimum atomic E-state index is -3.23. The van der Waals surface area contributed by atoms with Crippen LogP contribution in [-0.2, 0) is 20.4 Å². The number of amides is 1. The predicted octanol–water partition coefficient (Wildman–Crippen LogP) is 3.40. The number of furan rings is 1. The number of rotatable bonds is 8. The molecule has 1 fully saturated rings. The van der Waals surface area contributed by atoms with Crippen molar-refractivity contribution in [3.63, 3.8) is 0 Å². The Morgan fingerprint density at radius 2 is 1.88 bits per heavy atom. The Morgan fingerprint density at radius 1 is 1.25 bits per heavy atom. The zero-order valence-electron chi connectivity index (χ0n) is 14.7. The molecule has 0 bridgehead atoms. The van der Waals surface area contributed by atoms with Crippen LogP contribution in [0.4, 0.5) is 0 Å². The highest BCUT2D eigenvalue weighted by molar-refractivity contribution is 7.91. The van der Waals surface area contributed by atoms with E-state index >= 15 is 0 Å². The first-order chi connectivity index (χ1) is 11.5. The van der Waals surface area contributed by atoms with Crippen LogP contribution in [-0.4, -0.2) is 37.6 Å². The summed E-state index contributed by atoms with van der Waals surface area (Å²) < 4.78 is 30.2. The molecule has 6 heteroatoms. The van der Waals surface area contributed by atoms with Gasteiger partial charge < -0.3 is 9.32 Å². The van der Waals surface area contributed by atoms with Gasteiger partial charge in [0.05, 0.1) is 11.5 Å². The van der Waals surface area contributed by atoms with Gasteiger partial charge in [0.25, 0.3) is 0 Å². The van der Waals surface area contributed by atoms with Crippen LogP contribution in [0.5, 0.6) is 0 Å². The molecule has 1 amide bonds. The molecule has 1 saturated heterocycles. The van der Waals surface area contributed by atoms with Crippen molar-refractivity contribution in [2.45, 2.75) is 63.4 Å². The van der Waals surface area contributed by atoms with Crippen LogP contribution in [0.15, 0.2) is 22.8 Å². The Bertz CT molecular complexity index is 595. The topological polar surface area (TPSA) is 67.6 Å². The molecule has 0 radical (unpaired) electrons. The summed E-state index contributed by atoms with van der Waals surface area (Å²) >= 11 is 0. The van der Waals surface area contributed by atoms with Crippen LogP contribution >= 0.6 is 0 Å². The molecule has 0 saturated carbocycles. The molecule has 0 spiro atoms. The van der Waals surface area contributed by atoms with Gasteiger partial charge in [0.1, 0.15) is 11.5 Å². The van der Waals surface area contributed by atoms with E-state index in [-0.39, 0.29) is 22.8 Å². The number of likely N-dealkylation sites (tertiary alicyclic amines) is 1. The van der Waals surface area contributed by atoms with Crippen LogP contribution in [0.3, 0.4) is 0 Å². The maximum atomic E-state index is 12.7. The number of carbonyl (C=O) groups is 1. The minimum Gasteiger partial charge on any atom is -0.468 e. The molecule has 5 nitrogen and oxygen atoms in total. The highest BCUT2D eigenvalue weighted by Gasteiger charge is 2.33. The summed E-state index contributed by atoms with van der Waals surface area (Å²) in [6.45, 7) is 5.29. The van der Waals surface area contributed by atoms with E-state index in [0.29, 0.717) is 31.7 Å². The van der Waals surface area contributed by atoms with Crippen molar-refractivity contribution in [2.24, 2.45) is 5.92 Å². The molecule has 0 unspecified atom stereocenters. The lowest BCUT2D eigenvalue weighted by Gasteiger charge is -2.34. The smallest absolute Gasteiger partial charge is 0.225 e. The van der Waals surface area contributed by atoms with Crippen molar-refractivity contribution in [2.75, 3.05) is 13.1 Å². The number of sulfone groups is 1. The van der Waals surface area contributed by atoms with Gasteiger partial charge in [-0.1, -0.05) is 26.7 Å². The third-order valence-electron chi connectivity index (χ3n) is 4.81. The zero-order valence-corrected chi connectivity index (χ0v) is 15.6. The molecule has 0 N–H and O–H groups in total. The van der Waals surface area contributed by atoms with Crippen molar-refractivity contribution in [3.8, 4) is 0 Å². The molecule has 2 rings (SSSR count). The SMILES string of the molecule is CCCC(CCC)C(=O)N1CCC(S(=O)(=O)Cc2ccco2)CC1. The van der Waals surface area contributed by atoms with Crippen molar-refractivity contribution in [1.82, 2.24) is 4.90 Å². The number of carbonyl (C=O) groups excluding carboxylic acids is 1. The van der Waals surface area contributed by atoms with Gasteiger partial charge in [0.2, 0.25) is 5.91 Å². The average Bonchev–Trinajstić information content (AvgIpc) is 3.06. The Kier molecular flexibility index (Phi) is 6.90. The van der Waals surface area contributed by atoms with Gasteiger partial charge in [0.15, 0.2) is 9.84 Å². The number of piperidine rings is 1. The Morgan fingerprint density at radius 3 is 2.38 bits per heavy atom. The summed E-state index contributed by atoms with van der Waals surface area (Å²) in [5.41, 5.74) is 0. The maximum absolute atomic E-state index is 12.7. The first-order valence-corrected chi connectivity index (χ1v) is 10.7. The lowest BCUT2D eigenvalue weighted by Crippen LogP contribution is -2.45. The first-order valence-electron chi connectivity index (χ1n) is 9.00. The molecule has 0 atom stereocenters. The fraction of sp³-hybridized carbons (Fsp3) is 0.722. The lowest BCUT2D eigenvalue weighted by atomic mass is 9.95. The van der Waals surface area contributed by atoms with E-state index < -0.39 is 9.84 Å². The molecule has 24 heavy (non-hydrogen) atoms. The summed E-state index contributed by atoms with van der Waals surface area (Å²) in [6, 6.07) is 3.39. The molecular formula is C18H29NO4S. The van der Waals surface area contributed by atoms with E-state index in [1.807, 2.05) is 4.90 Å². The van der Waals surface area contributed by atoms with Crippen molar-refractivity contribution >= 4 is 15.7 Å². The number of hydrogen-bond acceptors (Lipinski definition) is 4. The molecule has 1 aromatic rings. The van der Waals surface area contributed by atoms with E-state index in [1.165, 1.54) is 6.26 Å².